The number of methoxy groups -OCH3 is 1. The quantitative estimate of drug-likeness (QED) is 0.639. The number of sulfonamides is 1. The van der Waals surface area contributed by atoms with Crippen molar-refractivity contribution in [3.05, 3.63) is 59.7 Å². The molecule has 0 aliphatic heterocycles. The van der Waals surface area contributed by atoms with Crippen LogP contribution in [0.25, 0.3) is 0 Å². The maximum absolute atomic E-state index is 12.3. The maximum atomic E-state index is 12.3. The second-order valence-electron chi connectivity index (χ2n) is 6.99. The molecule has 0 unspecified atom stereocenters. The standard InChI is InChI=1S/C22H30N2O4S/c1-5-18-12-14-19(15-13-18)17(2)23-22(25)11-8-16-24(29(4,26)27)20-9-6-7-10-21(20)28-3/h6-7,9-10,12-15,17H,5,8,11,16H2,1-4H3,(H,23,25)/t17-/m0/s1. The van der Waals surface area contributed by atoms with Gasteiger partial charge < -0.3 is 10.1 Å². The number of benzene rings is 2. The van der Waals surface area contributed by atoms with Crippen molar-refractivity contribution in [2.24, 2.45) is 0 Å². The van der Waals surface area contributed by atoms with Crippen molar-refractivity contribution in [2.75, 3.05) is 24.2 Å². The van der Waals surface area contributed by atoms with E-state index in [2.05, 4.69) is 24.4 Å². The number of hydrogen-bond donors (Lipinski definition) is 1. The number of hydrogen-bond acceptors (Lipinski definition) is 4. The molecule has 158 valence electrons. The van der Waals surface area contributed by atoms with Crippen molar-refractivity contribution in [3.63, 3.8) is 0 Å². The lowest BCUT2D eigenvalue weighted by atomic mass is 10.0. The Morgan fingerprint density at radius 2 is 1.79 bits per heavy atom. The normalized spacial score (nSPS) is 12.3. The molecule has 0 aliphatic rings. The van der Waals surface area contributed by atoms with Gasteiger partial charge in [0.25, 0.3) is 0 Å². The van der Waals surface area contributed by atoms with Gasteiger partial charge in [-0.05, 0) is 43.0 Å². The lowest BCUT2D eigenvalue weighted by molar-refractivity contribution is -0.121. The van der Waals surface area contributed by atoms with Crippen LogP contribution in [0, 0.1) is 0 Å². The van der Waals surface area contributed by atoms with Crippen LogP contribution < -0.4 is 14.4 Å². The van der Waals surface area contributed by atoms with Gasteiger partial charge in [-0.2, -0.15) is 0 Å². The highest BCUT2D eigenvalue weighted by atomic mass is 32.2. The molecule has 0 saturated carbocycles. The first-order valence-electron chi connectivity index (χ1n) is 9.75. The van der Waals surface area contributed by atoms with E-state index in [4.69, 9.17) is 4.74 Å². The molecule has 0 aromatic heterocycles. The molecule has 0 fully saturated rings. The van der Waals surface area contributed by atoms with Crippen LogP contribution in [0.15, 0.2) is 48.5 Å². The summed E-state index contributed by atoms with van der Waals surface area (Å²) in [6.45, 7) is 4.24. The molecule has 0 aliphatic carbocycles. The minimum absolute atomic E-state index is 0.103. The molecular formula is C22H30N2O4S. The monoisotopic (exact) mass is 418 g/mol. The first kappa shape index (κ1) is 22.7. The smallest absolute Gasteiger partial charge is 0.232 e. The molecule has 7 heteroatoms. The Kier molecular flexibility index (Phi) is 8.08. The van der Waals surface area contributed by atoms with Gasteiger partial charge in [0.2, 0.25) is 15.9 Å². The molecule has 0 bridgehead atoms. The first-order valence-corrected chi connectivity index (χ1v) is 11.6. The molecule has 2 rings (SSSR count). The topological polar surface area (TPSA) is 75.7 Å². The Morgan fingerprint density at radius 3 is 2.38 bits per heavy atom. The van der Waals surface area contributed by atoms with Gasteiger partial charge in [-0.25, -0.2) is 8.42 Å². The predicted molar refractivity (Wildman–Crippen MR) is 117 cm³/mol. The van der Waals surface area contributed by atoms with Crippen LogP contribution in [0.4, 0.5) is 5.69 Å². The van der Waals surface area contributed by atoms with E-state index < -0.39 is 10.0 Å². The third-order valence-electron chi connectivity index (χ3n) is 4.78. The highest BCUT2D eigenvalue weighted by Gasteiger charge is 2.21. The molecule has 1 N–H and O–H groups in total. The van der Waals surface area contributed by atoms with E-state index in [0.717, 1.165) is 18.2 Å². The van der Waals surface area contributed by atoms with E-state index in [1.54, 1.807) is 24.3 Å². The van der Waals surface area contributed by atoms with Crippen molar-refractivity contribution in [1.82, 2.24) is 5.32 Å². The van der Waals surface area contributed by atoms with Gasteiger partial charge in [0.05, 0.1) is 25.1 Å². The molecular weight excluding hydrogens is 388 g/mol. The minimum Gasteiger partial charge on any atom is -0.495 e. The van der Waals surface area contributed by atoms with Crippen molar-refractivity contribution in [1.29, 1.82) is 0 Å². The van der Waals surface area contributed by atoms with E-state index in [0.29, 0.717) is 17.9 Å². The SMILES string of the molecule is CCc1ccc([C@H](C)NC(=O)CCCN(c2ccccc2OC)S(C)(=O)=O)cc1. The lowest BCUT2D eigenvalue weighted by Gasteiger charge is -2.24. The highest BCUT2D eigenvalue weighted by Crippen LogP contribution is 2.29. The van der Waals surface area contributed by atoms with Crippen LogP contribution in [-0.2, 0) is 21.2 Å². The zero-order valence-electron chi connectivity index (χ0n) is 17.5. The fourth-order valence-corrected chi connectivity index (χ4v) is 4.09. The van der Waals surface area contributed by atoms with E-state index in [-0.39, 0.29) is 24.9 Å². The number of carbonyl (C=O) groups excluding carboxylic acids is 1. The number of nitrogens with zero attached hydrogens (tertiary/aromatic N) is 1. The number of para-hydroxylation sites is 2. The molecule has 0 heterocycles. The number of rotatable bonds is 10. The van der Waals surface area contributed by atoms with E-state index in [9.17, 15) is 13.2 Å². The lowest BCUT2D eigenvalue weighted by Crippen LogP contribution is -2.32. The zero-order valence-corrected chi connectivity index (χ0v) is 18.3. The predicted octanol–water partition coefficient (Wildman–Crippen LogP) is 3.68. The van der Waals surface area contributed by atoms with Crippen molar-refractivity contribution in [2.45, 2.75) is 39.2 Å². The van der Waals surface area contributed by atoms with Gasteiger partial charge in [-0.3, -0.25) is 9.10 Å². The average Bonchev–Trinajstić information content (AvgIpc) is 2.70. The fourth-order valence-electron chi connectivity index (χ4n) is 3.12. The van der Waals surface area contributed by atoms with Crippen LogP contribution in [0.1, 0.15) is 43.9 Å². The number of aryl methyl sites for hydroxylation is 1. The van der Waals surface area contributed by atoms with Gasteiger partial charge in [0.1, 0.15) is 5.75 Å². The average molecular weight is 419 g/mol. The Labute approximate surface area is 173 Å². The molecule has 2 aromatic carbocycles. The number of ether oxygens (including phenoxy) is 1. The molecule has 0 saturated heterocycles. The molecule has 0 spiro atoms. The van der Waals surface area contributed by atoms with E-state index >= 15 is 0 Å². The largest absolute Gasteiger partial charge is 0.495 e. The van der Waals surface area contributed by atoms with Gasteiger partial charge >= 0.3 is 0 Å². The molecule has 0 radical (unpaired) electrons. The van der Waals surface area contributed by atoms with Gasteiger partial charge in [0.15, 0.2) is 0 Å². The zero-order chi connectivity index (χ0) is 21.4. The third kappa shape index (κ3) is 6.49. The Hall–Kier alpha value is -2.54. The number of nitrogens with one attached hydrogen (secondary N) is 1. The second-order valence-corrected chi connectivity index (χ2v) is 8.90. The summed E-state index contributed by atoms with van der Waals surface area (Å²) in [6, 6.07) is 15.0. The van der Waals surface area contributed by atoms with Crippen LogP contribution in [-0.4, -0.2) is 34.2 Å². The summed E-state index contributed by atoms with van der Waals surface area (Å²) in [7, 11) is -2.00. The molecule has 29 heavy (non-hydrogen) atoms. The molecule has 1 amide bonds. The van der Waals surface area contributed by atoms with Crippen molar-refractivity contribution in [3.8, 4) is 5.75 Å². The van der Waals surface area contributed by atoms with Crippen molar-refractivity contribution >= 4 is 21.6 Å². The molecule has 6 nitrogen and oxygen atoms in total. The fraction of sp³-hybridized carbons (Fsp3) is 0.409. The van der Waals surface area contributed by atoms with Crippen LogP contribution in [0.2, 0.25) is 0 Å². The Bertz CT molecular complexity index is 911. The third-order valence-corrected chi connectivity index (χ3v) is 5.96. The minimum atomic E-state index is -3.50. The number of amides is 1. The summed E-state index contributed by atoms with van der Waals surface area (Å²) in [5.41, 5.74) is 2.77. The summed E-state index contributed by atoms with van der Waals surface area (Å²) < 4.78 is 31.1. The first-order chi connectivity index (χ1) is 13.8. The highest BCUT2D eigenvalue weighted by molar-refractivity contribution is 7.92. The summed E-state index contributed by atoms with van der Waals surface area (Å²) in [6.07, 6.45) is 2.77. The molecule has 2 aromatic rings. The van der Waals surface area contributed by atoms with Crippen LogP contribution >= 0.6 is 0 Å². The number of carbonyl (C=O) groups is 1. The van der Waals surface area contributed by atoms with Gasteiger partial charge in [-0.1, -0.05) is 43.3 Å². The Morgan fingerprint density at radius 1 is 1.14 bits per heavy atom. The van der Waals surface area contributed by atoms with E-state index in [1.165, 1.54) is 17.0 Å². The summed E-state index contributed by atoms with van der Waals surface area (Å²) in [4.78, 5) is 12.3. The van der Waals surface area contributed by atoms with Crippen LogP contribution in [0.3, 0.4) is 0 Å². The Balaban J connectivity index is 1.95. The molecule has 1 atom stereocenters. The van der Waals surface area contributed by atoms with E-state index in [1.807, 2.05) is 19.1 Å². The second kappa shape index (κ2) is 10.3. The number of anilines is 1. The van der Waals surface area contributed by atoms with Crippen LogP contribution in [0.5, 0.6) is 5.75 Å². The summed E-state index contributed by atoms with van der Waals surface area (Å²) in [5.74, 6) is 0.372. The maximum Gasteiger partial charge on any atom is 0.232 e. The van der Waals surface area contributed by atoms with Gasteiger partial charge in [0, 0.05) is 13.0 Å². The van der Waals surface area contributed by atoms with Gasteiger partial charge in [-0.15, -0.1) is 0 Å². The van der Waals surface area contributed by atoms with Crippen molar-refractivity contribution < 1.29 is 17.9 Å². The summed E-state index contributed by atoms with van der Waals surface area (Å²) >= 11 is 0. The summed E-state index contributed by atoms with van der Waals surface area (Å²) in [5, 5.41) is 2.98.